The summed E-state index contributed by atoms with van der Waals surface area (Å²) in [4.78, 5) is 26.4. The summed E-state index contributed by atoms with van der Waals surface area (Å²) < 4.78 is 5.08. The molecule has 25 heavy (non-hydrogen) atoms. The zero-order valence-electron chi connectivity index (χ0n) is 12.2. The van der Waals surface area contributed by atoms with Gasteiger partial charge in [-0.1, -0.05) is 46.9 Å². The SMILES string of the molecule is O=C1OC(c2ccc(Cl)c([N+](=O)[O-])c2)=N/C1=C\c1cccc(Cl)c1Cl. The van der Waals surface area contributed by atoms with Gasteiger partial charge in [-0.15, -0.1) is 0 Å². The summed E-state index contributed by atoms with van der Waals surface area (Å²) in [5.41, 5.74) is 0.434. The predicted octanol–water partition coefficient (Wildman–Crippen LogP) is 4.90. The Morgan fingerprint density at radius 2 is 1.88 bits per heavy atom. The summed E-state index contributed by atoms with van der Waals surface area (Å²) in [6.07, 6.45) is 1.42. The van der Waals surface area contributed by atoms with Crippen LogP contribution in [-0.4, -0.2) is 16.8 Å². The first-order valence-corrected chi connectivity index (χ1v) is 7.91. The van der Waals surface area contributed by atoms with Crippen LogP contribution in [0.3, 0.4) is 0 Å². The number of hydrogen-bond acceptors (Lipinski definition) is 5. The van der Waals surface area contributed by atoms with Crippen LogP contribution in [0.4, 0.5) is 5.69 Å². The maximum absolute atomic E-state index is 12.0. The second-order valence-electron chi connectivity index (χ2n) is 4.90. The van der Waals surface area contributed by atoms with E-state index in [4.69, 9.17) is 39.5 Å². The number of nitro groups is 1. The number of halogens is 3. The van der Waals surface area contributed by atoms with Crippen LogP contribution in [0.1, 0.15) is 11.1 Å². The van der Waals surface area contributed by atoms with E-state index in [-0.39, 0.29) is 32.9 Å². The first kappa shape index (κ1) is 17.4. The summed E-state index contributed by atoms with van der Waals surface area (Å²) in [6.45, 7) is 0. The first-order valence-electron chi connectivity index (χ1n) is 6.77. The second kappa shape index (κ2) is 6.84. The Balaban J connectivity index is 2.01. The maximum Gasteiger partial charge on any atom is 0.363 e. The number of cyclic esters (lactones) is 1. The van der Waals surface area contributed by atoms with Crippen LogP contribution in [0.5, 0.6) is 0 Å². The Hall–Kier alpha value is -2.41. The molecule has 6 nitrogen and oxygen atoms in total. The number of aliphatic imine (C=N–C) groups is 1. The number of carbonyl (C=O) groups excluding carboxylic acids is 1. The zero-order valence-corrected chi connectivity index (χ0v) is 14.5. The zero-order chi connectivity index (χ0) is 18.1. The lowest BCUT2D eigenvalue weighted by molar-refractivity contribution is -0.384. The Labute approximate surface area is 156 Å². The van der Waals surface area contributed by atoms with Crippen molar-refractivity contribution in [3.8, 4) is 0 Å². The van der Waals surface area contributed by atoms with Crippen molar-refractivity contribution in [2.45, 2.75) is 0 Å². The van der Waals surface area contributed by atoms with Crippen molar-refractivity contribution in [3.05, 3.63) is 78.4 Å². The largest absolute Gasteiger partial charge is 0.402 e. The molecule has 2 aromatic rings. The monoisotopic (exact) mass is 396 g/mol. The maximum atomic E-state index is 12.0. The van der Waals surface area contributed by atoms with E-state index in [1.165, 1.54) is 24.3 Å². The van der Waals surface area contributed by atoms with Gasteiger partial charge in [-0.3, -0.25) is 10.1 Å². The molecular formula is C16H7Cl3N2O4. The number of carbonyl (C=O) groups is 1. The van der Waals surface area contributed by atoms with Crippen molar-refractivity contribution in [1.82, 2.24) is 0 Å². The summed E-state index contributed by atoms with van der Waals surface area (Å²) in [5, 5.41) is 11.5. The number of nitrogens with zero attached hydrogens (tertiary/aromatic N) is 2. The van der Waals surface area contributed by atoms with E-state index in [0.717, 1.165) is 0 Å². The van der Waals surface area contributed by atoms with Gasteiger partial charge in [0.1, 0.15) is 5.02 Å². The van der Waals surface area contributed by atoms with Crippen LogP contribution in [0.15, 0.2) is 47.1 Å². The highest BCUT2D eigenvalue weighted by Gasteiger charge is 2.26. The molecule has 0 saturated carbocycles. The van der Waals surface area contributed by atoms with Gasteiger partial charge in [0, 0.05) is 11.6 Å². The normalized spacial score (nSPS) is 15.2. The van der Waals surface area contributed by atoms with Crippen LogP contribution in [0.2, 0.25) is 15.1 Å². The molecule has 0 unspecified atom stereocenters. The van der Waals surface area contributed by atoms with Gasteiger partial charge in [0.15, 0.2) is 5.70 Å². The van der Waals surface area contributed by atoms with Crippen molar-refractivity contribution in [3.63, 3.8) is 0 Å². The quantitative estimate of drug-likeness (QED) is 0.319. The molecule has 0 N–H and O–H groups in total. The molecule has 0 spiro atoms. The molecule has 0 radical (unpaired) electrons. The molecule has 0 bridgehead atoms. The molecule has 0 saturated heterocycles. The highest BCUT2D eigenvalue weighted by molar-refractivity contribution is 6.43. The van der Waals surface area contributed by atoms with E-state index in [1.807, 2.05) is 0 Å². The van der Waals surface area contributed by atoms with Crippen LogP contribution < -0.4 is 0 Å². The molecule has 1 aliphatic rings. The number of esters is 1. The van der Waals surface area contributed by atoms with Crippen molar-refractivity contribution < 1.29 is 14.5 Å². The fourth-order valence-corrected chi connectivity index (χ4v) is 2.65. The number of rotatable bonds is 3. The first-order chi connectivity index (χ1) is 11.9. The predicted molar refractivity (Wildman–Crippen MR) is 95.2 cm³/mol. The lowest BCUT2D eigenvalue weighted by Gasteiger charge is -2.00. The Bertz CT molecular complexity index is 970. The van der Waals surface area contributed by atoms with Gasteiger partial charge < -0.3 is 4.74 Å². The smallest absolute Gasteiger partial charge is 0.363 e. The third-order valence-electron chi connectivity index (χ3n) is 3.28. The number of nitro benzene ring substituents is 1. The van der Waals surface area contributed by atoms with E-state index in [9.17, 15) is 14.9 Å². The molecule has 9 heteroatoms. The van der Waals surface area contributed by atoms with Crippen LogP contribution in [0, 0.1) is 10.1 Å². The standard InChI is InChI=1S/C16H7Cl3N2O4/c17-10-5-4-9(7-13(10)21(23)24)15-20-12(16(22)25-15)6-8-2-1-3-11(18)14(8)19/h1-7H/b12-6-. The Morgan fingerprint density at radius 3 is 2.60 bits per heavy atom. The van der Waals surface area contributed by atoms with E-state index in [2.05, 4.69) is 4.99 Å². The average Bonchev–Trinajstić information content (AvgIpc) is 2.93. The van der Waals surface area contributed by atoms with Gasteiger partial charge >= 0.3 is 5.97 Å². The molecule has 0 fully saturated rings. The van der Waals surface area contributed by atoms with Crippen molar-refractivity contribution >= 4 is 58.4 Å². The summed E-state index contributed by atoms with van der Waals surface area (Å²) in [5.74, 6) is -0.766. The number of ether oxygens (including phenoxy) is 1. The minimum Gasteiger partial charge on any atom is -0.402 e. The molecule has 3 rings (SSSR count). The van der Waals surface area contributed by atoms with Gasteiger partial charge in [-0.05, 0) is 29.8 Å². The van der Waals surface area contributed by atoms with Gasteiger partial charge in [0.2, 0.25) is 5.90 Å². The summed E-state index contributed by atoms with van der Waals surface area (Å²) >= 11 is 17.8. The minimum atomic E-state index is -0.705. The highest BCUT2D eigenvalue weighted by Crippen LogP contribution is 2.30. The fourth-order valence-electron chi connectivity index (χ4n) is 2.10. The topological polar surface area (TPSA) is 81.8 Å². The Kier molecular flexibility index (Phi) is 4.76. The van der Waals surface area contributed by atoms with E-state index >= 15 is 0 Å². The molecule has 126 valence electrons. The average molecular weight is 398 g/mol. The van der Waals surface area contributed by atoms with E-state index in [1.54, 1.807) is 18.2 Å². The molecular weight excluding hydrogens is 391 g/mol. The van der Waals surface area contributed by atoms with E-state index < -0.39 is 10.9 Å². The number of hydrogen-bond donors (Lipinski definition) is 0. The van der Waals surface area contributed by atoms with Gasteiger partial charge in [0.05, 0.1) is 15.0 Å². The lowest BCUT2D eigenvalue weighted by atomic mass is 10.2. The van der Waals surface area contributed by atoms with Crippen LogP contribution >= 0.6 is 34.8 Å². The van der Waals surface area contributed by atoms with Crippen molar-refractivity contribution in [2.75, 3.05) is 0 Å². The second-order valence-corrected chi connectivity index (χ2v) is 6.09. The third kappa shape index (κ3) is 3.51. The van der Waals surface area contributed by atoms with Crippen LogP contribution in [0.25, 0.3) is 6.08 Å². The van der Waals surface area contributed by atoms with Crippen LogP contribution in [-0.2, 0) is 9.53 Å². The fraction of sp³-hybridized carbons (Fsp3) is 0. The molecule has 0 atom stereocenters. The van der Waals surface area contributed by atoms with Gasteiger partial charge in [-0.25, -0.2) is 9.79 Å². The summed E-state index contributed by atoms with van der Waals surface area (Å²) in [6, 6.07) is 8.94. The molecule has 1 aliphatic heterocycles. The molecule has 0 aromatic heterocycles. The Morgan fingerprint density at radius 1 is 1.12 bits per heavy atom. The van der Waals surface area contributed by atoms with E-state index in [0.29, 0.717) is 10.6 Å². The van der Waals surface area contributed by atoms with Gasteiger partial charge in [-0.2, -0.15) is 0 Å². The highest BCUT2D eigenvalue weighted by atomic mass is 35.5. The molecule has 0 aliphatic carbocycles. The molecule has 2 aromatic carbocycles. The number of benzene rings is 2. The minimum absolute atomic E-state index is 0.00299. The summed E-state index contributed by atoms with van der Waals surface area (Å²) in [7, 11) is 0. The van der Waals surface area contributed by atoms with Crippen molar-refractivity contribution in [2.24, 2.45) is 4.99 Å². The van der Waals surface area contributed by atoms with Gasteiger partial charge in [0.25, 0.3) is 5.69 Å². The lowest BCUT2D eigenvalue weighted by Crippen LogP contribution is -2.06. The third-order valence-corrected chi connectivity index (χ3v) is 4.44. The van der Waals surface area contributed by atoms with Crippen molar-refractivity contribution in [1.29, 1.82) is 0 Å². The molecule has 1 heterocycles. The molecule has 0 amide bonds.